The van der Waals surface area contributed by atoms with Crippen molar-refractivity contribution in [2.45, 2.75) is 4.90 Å². The Morgan fingerprint density at radius 3 is 3.08 bits per heavy atom. The maximum atomic E-state index is 5.89. The van der Waals surface area contributed by atoms with E-state index in [4.69, 9.17) is 11.8 Å². The van der Waals surface area contributed by atoms with Crippen LogP contribution in [-0.2, 0) is 0 Å². The number of halogens is 1. The van der Waals surface area contributed by atoms with E-state index in [1.807, 2.05) is 12.1 Å². The maximum absolute atomic E-state index is 5.89. The fourth-order valence-corrected chi connectivity index (χ4v) is 2.17. The second-order valence-electron chi connectivity index (χ2n) is 2.53. The van der Waals surface area contributed by atoms with Gasteiger partial charge in [0, 0.05) is 11.4 Å². The molecule has 0 bridgehead atoms. The highest BCUT2D eigenvalue weighted by Gasteiger charge is 2.07. The van der Waals surface area contributed by atoms with Crippen molar-refractivity contribution in [3.63, 3.8) is 0 Å². The largest absolute Gasteiger partial charge is 0.155 e. The molecule has 0 spiro atoms. The Labute approximate surface area is 81.3 Å². The molecule has 62 valence electrons. The van der Waals surface area contributed by atoms with Crippen LogP contribution in [0.25, 0.3) is 6.08 Å². The highest BCUT2D eigenvalue weighted by Crippen LogP contribution is 2.30. The van der Waals surface area contributed by atoms with Crippen molar-refractivity contribution in [3.8, 4) is 0 Å². The first-order valence-electron chi connectivity index (χ1n) is 3.73. The molecule has 1 aliphatic rings. The minimum Gasteiger partial charge on any atom is -0.155 e. The van der Waals surface area contributed by atoms with Crippen LogP contribution in [0.2, 0.25) is 0 Å². The summed E-state index contributed by atoms with van der Waals surface area (Å²) >= 11 is 7.46. The van der Waals surface area contributed by atoms with Crippen LogP contribution in [-0.4, -0.2) is 10.4 Å². The molecule has 0 N–H and O–H groups in total. The van der Waals surface area contributed by atoms with Gasteiger partial charge in [0.25, 0.3) is 0 Å². The summed E-state index contributed by atoms with van der Waals surface area (Å²) in [7, 11) is 0. The second kappa shape index (κ2) is 3.52. The van der Waals surface area contributed by atoms with Gasteiger partial charge < -0.3 is 0 Å². The summed E-state index contributed by atoms with van der Waals surface area (Å²) in [5, 5.41) is 0. The van der Waals surface area contributed by atoms with Crippen LogP contribution >= 0.6 is 23.7 Å². The van der Waals surface area contributed by atoms with Crippen molar-refractivity contribution in [2.75, 3.05) is 6.54 Å². The summed E-state index contributed by atoms with van der Waals surface area (Å²) in [6.45, 7) is 0.779. The highest BCUT2D eigenvalue weighted by molar-refractivity contribution is 7.98. The zero-order valence-corrected chi connectivity index (χ0v) is 7.98. The van der Waals surface area contributed by atoms with E-state index in [9.17, 15) is 0 Å². The summed E-state index contributed by atoms with van der Waals surface area (Å²) < 4.78 is 1.70. The Balaban J connectivity index is 2.41. The van der Waals surface area contributed by atoms with Crippen LogP contribution in [0.1, 0.15) is 5.56 Å². The van der Waals surface area contributed by atoms with Crippen LogP contribution < -0.4 is 0 Å². The van der Waals surface area contributed by atoms with E-state index >= 15 is 0 Å². The molecule has 1 nitrogen and oxygen atoms in total. The van der Waals surface area contributed by atoms with Gasteiger partial charge in [-0.05, 0) is 35.4 Å². The molecule has 1 aliphatic heterocycles. The Kier molecular flexibility index (Phi) is 2.40. The molecule has 0 atom stereocenters. The van der Waals surface area contributed by atoms with Crippen LogP contribution in [0, 0.1) is 0 Å². The minimum absolute atomic E-state index is 0.779. The summed E-state index contributed by atoms with van der Waals surface area (Å²) in [6, 6.07) is 8.23. The van der Waals surface area contributed by atoms with E-state index in [2.05, 4.69) is 24.3 Å². The summed E-state index contributed by atoms with van der Waals surface area (Å²) in [4.78, 5) is 1.21. The van der Waals surface area contributed by atoms with Crippen LogP contribution in [0.4, 0.5) is 0 Å². The number of nitrogens with zero attached hydrogens (tertiary/aromatic N) is 1. The van der Waals surface area contributed by atoms with Crippen molar-refractivity contribution in [3.05, 3.63) is 35.9 Å². The van der Waals surface area contributed by atoms with E-state index in [1.165, 1.54) is 10.5 Å². The molecule has 12 heavy (non-hydrogen) atoms. The lowest BCUT2D eigenvalue weighted by atomic mass is 10.2. The van der Waals surface area contributed by atoms with Gasteiger partial charge in [0.2, 0.25) is 0 Å². The molecule has 0 saturated carbocycles. The smallest absolute Gasteiger partial charge is 0.0440 e. The van der Waals surface area contributed by atoms with Gasteiger partial charge in [0.1, 0.15) is 0 Å². The van der Waals surface area contributed by atoms with Crippen molar-refractivity contribution in [1.82, 2.24) is 3.82 Å². The third-order valence-electron chi connectivity index (χ3n) is 1.66. The number of hydrogen-bond acceptors (Lipinski definition) is 2. The Hall–Kier alpha value is -0.440. The molecule has 0 radical (unpaired) electrons. The molecule has 0 aliphatic carbocycles. The van der Waals surface area contributed by atoms with E-state index in [-0.39, 0.29) is 0 Å². The SMILES string of the molecule is ClN1CC=Cc2ccccc2S1. The monoisotopic (exact) mass is 197 g/mol. The molecule has 2 rings (SSSR count). The first kappa shape index (κ1) is 8.17. The molecule has 3 heteroatoms. The van der Waals surface area contributed by atoms with Gasteiger partial charge in [0.15, 0.2) is 0 Å². The van der Waals surface area contributed by atoms with Crippen molar-refractivity contribution >= 4 is 29.8 Å². The van der Waals surface area contributed by atoms with Crippen molar-refractivity contribution in [2.24, 2.45) is 0 Å². The van der Waals surface area contributed by atoms with Gasteiger partial charge in [-0.3, -0.25) is 0 Å². The van der Waals surface area contributed by atoms with Crippen LogP contribution in [0.15, 0.2) is 35.2 Å². The topological polar surface area (TPSA) is 3.24 Å². The third kappa shape index (κ3) is 1.66. The predicted octanol–water partition coefficient (Wildman–Crippen LogP) is 3.18. The minimum atomic E-state index is 0.779. The first-order valence-corrected chi connectivity index (χ1v) is 4.84. The fraction of sp³-hybridized carbons (Fsp3) is 0.111. The summed E-state index contributed by atoms with van der Waals surface area (Å²) in [5.41, 5.74) is 1.24. The van der Waals surface area contributed by atoms with E-state index in [0.29, 0.717) is 0 Å². The lowest BCUT2D eigenvalue weighted by molar-refractivity contribution is 0.825. The predicted molar refractivity (Wildman–Crippen MR) is 53.9 cm³/mol. The number of rotatable bonds is 0. The zero-order chi connectivity index (χ0) is 8.39. The zero-order valence-electron chi connectivity index (χ0n) is 6.40. The standard InChI is InChI=1S/C9H8ClNS/c10-11-7-3-5-8-4-1-2-6-9(8)12-11/h1-6H,7H2. The molecule has 0 amide bonds. The average Bonchev–Trinajstić information content (AvgIpc) is 2.25. The van der Waals surface area contributed by atoms with Gasteiger partial charge in [-0.2, -0.15) is 3.82 Å². The molecule has 0 fully saturated rings. The summed E-state index contributed by atoms with van der Waals surface area (Å²) in [6.07, 6.45) is 4.16. The maximum Gasteiger partial charge on any atom is 0.0440 e. The molecule has 0 unspecified atom stereocenters. The highest BCUT2D eigenvalue weighted by atomic mass is 35.5. The van der Waals surface area contributed by atoms with E-state index in [0.717, 1.165) is 6.54 Å². The lowest BCUT2D eigenvalue weighted by Crippen LogP contribution is -1.98. The third-order valence-corrected chi connectivity index (χ3v) is 2.92. The van der Waals surface area contributed by atoms with Crippen molar-refractivity contribution in [1.29, 1.82) is 0 Å². The lowest BCUT2D eigenvalue weighted by Gasteiger charge is -2.07. The van der Waals surface area contributed by atoms with Gasteiger partial charge in [-0.25, -0.2) is 0 Å². The molecule has 1 aromatic carbocycles. The first-order chi connectivity index (χ1) is 5.86. The molecule has 0 aromatic heterocycles. The van der Waals surface area contributed by atoms with Crippen LogP contribution in [0.3, 0.4) is 0 Å². The van der Waals surface area contributed by atoms with Crippen molar-refractivity contribution < 1.29 is 0 Å². The van der Waals surface area contributed by atoms with Gasteiger partial charge >= 0.3 is 0 Å². The average molecular weight is 198 g/mol. The van der Waals surface area contributed by atoms with Crippen LogP contribution in [0.5, 0.6) is 0 Å². The Morgan fingerprint density at radius 2 is 2.17 bits per heavy atom. The summed E-state index contributed by atoms with van der Waals surface area (Å²) in [5.74, 6) is 0. The van der Waals surface area contributed by atoms with Gasteiger partial charge in [-0.1, -0.05) is 30.4 Å². The Bertz CT molecular complexity index is 311. The van der Waals surface area contributed by atoms with Gasteiger partial charge in [0.05, 0.1) is 0 Å². The Morgan fingerprint density at radius 1 is 1.33 bits per heavy atom. The molecular weight excluding hydrogens is 190 g/mol. The van der Waals surface area contributed by atoms with E-state index in [1.54, 1.807) is 15.8 Å². The second-order valence-corrected chi connectivity index (χ2v) is 4.20. The normalized spacial score (nSPS) is 17.1. The quantitative estimate of drug-likeness (QED) is 0.464. The molecule has 1 heterocycles. The van der Waals surface area contributed by atoms with Gasteiger partial charge in [-0.15, -0.1) is 0 Å². The molecular formula is C9H8ClNS. The fourth-order valence-electron chi connectivity index (χ4n) is 1.11. The number of hydrogen-bond donors (Lipinski definition) is 0. The molecule has 0 saturated heterocycles. The van der Waals surface area contributed by atoms with E-state index < -0.39 is 0 Å². The number of fused-ring (bicyclic) bond motifs is 1. The number of benzene rings is 1. The molecule has 1 aromatic rings.